The minimum absolute atomic E-state index is 0.0293. The van der Waals surface area contributed by atoms with Crippen LogP contribution in [0.2, 0.25) is 0 Å². The van der Waals surface area contributed by atoms with Gasteiger partial charge in [-0.05, 0) is 44.9 Å². The molecule has 3 heteroatoms. The molecule has 1 aliphatic heterocycles. The molecule has 0 aliphatic carbocycles. The van der Waals surface area contributed by atoms with E-state index in [0.29, 0.717) is 0 Å². The van der Waals surface area contributed by atoms with E-state index in [1.165, 1.54) is 12.0 Å². The van der Waals surface area contributed by atoms with Crippen LogP contribution in [0.1, 0.15) is 37.8 Å². The van der Waals surface area contributed by atoms with E-state index in [2.05, 4.69) is 31.3 Å². The highest BCUT2D eigenvalue weighted by molar-refractivity contribution is 5.53. The van der Waals surface area contributed by atoms with E-state index in [9.17, 15) is 0 Å². The minimum atomic E-state index is 0.0293. The number of hydrogen-bond donors (Lipinski definition) is 1. The van der Waals surface area contributed by atoms with Gasteiger partial charge in [0.1, 0.15) is 11.5 Å². The number of benzene rings is 1. The maximum absolute atomic E-state index is 5.67. The summed E-state index contributed by atoms with van der Waals surface area (Å²) in [5.41, 5.74) is 2.44. The van der Waals surface area contributed by atoms with Crippen molar-refractivity contribution in [1.29, 1.82) is 0 Å². The lowest BCUT2D eigenvalue weighted by Crippen LogP contribution is -2.33. The van der Waals surface area contributed by atoms with Crippen molar-refractivity contribution in [2.75, 3.05) is 20.8 Å². The summed E-state index contributed by atoms with van der Waals surface area (Å²) >= 11 is 0. The van der Waals surface area contributed by atoms with Gasteiger partial charge in [-0.1, -0.05) is 6.92 Å². The average Bonchev–Trinajstić information content (AvgIpc) is 2.84. The summed E-state index contributed by atoms with van der Waals surface area (Å²) in [6, 6.07) is 4.19. The normalized spacial score (nSPS) is 23.1. The third kappa shape index (κ3) is 2.07. The predicted molar refractivity (Wildman–Crippen MR) is 73.5 cm³/mol. The lowest BCUT2D eigenvalue weighted by molar-refractivity contribution is 0.357. The van der Waals surface area contributed by atoms with Gasteiger partial charge in [-0.15, -0.1) is 0 Å². The van der Waals surface area contributed by atoms with Gasteiger partial charge >= 0.3 is 0 Å². The van der Waals surface area contributed by atoms with Crippen molar-refractivity contribution in [1.82, 2.24) is 5.32 Å². The third-order valence-electron chi connectivity index (χ3n) is 3.96. The van der Waals surface area contributed by atoms with E-state index in [-0.39, 0.29) is 5.54 Å². The zero-order chi connectivity index (χ0) is 13.2. The molecule has 1 aromatic carbocycles. The molecule has 1 saturated heterocycles. The maximum atomic E-state index is 5.67. The molecule has 0 bridgehead atoms. The fraction of sp³-hybridized carbons (Fsp3) is 0.600. The summed E-state index contributed by atoms with van der Waals surface area (Å²) in [5, 5.41) is 3.59. The van der Waals surface area contributed by atoms with Crippen molar-refractivity contribution in [3.8, 4) is 11.5 Å². The highest BCUT2D eigenvalue weighted by Gasteiger charge is 2.33. The van der Waals surface area contributed by atoms with Crippen molar-refractivity contribution < 1.29 is 9.47 Å². The maximum Gasteiger partial charge on any atom is 0.130 e. The van der Waals surface area contributed by atoms with Crippen LogP contribution in [0.15, 0.2) is 12.1 Å². The van der Waals surface area contributed by atoms with Crippen LogP contribution in [-0.2, 0) is 12.0 Å². The van der Waals surface area contributed by atoms with Crippen LogP contribution in [0.5, 0.6) is 11.5 Å². The Balaban J connectivity index is 2.54. The second kappa shape index (κ2) is 5.19. The summed E-state index contributed by atoms with van der Waals surface area (Å²) in [4.78, 5) is 0. The molecule has 1 fully saturated rings. The molecule has 1 heterocycles. The van der Waals surface area contributed by atoms with Crippen LogP contribution in [0.4, 0.5) is 0 Å². The first-order valence-electron chi connectivity index (χ1n) is 6.65. The molecule has 0 amide bonds. The zero-order valence-corrected chi connectivity index (χ0v) is 11.8. The molecular weight excluding hydrogens is 226 g/mol. The van der Waals surface area contributed by atoms with Crippen molar-refractivity contribution in [3.63, 3.8) is 0 Å². The van der Waals surface area contributed by atoms with Gasteiger partial charge in [0.05, 0.1) is 14.2 Å². The van der Waals surface area contributed by atoms with E-state index < -0.39 is 0 Å². The molecule has 0 spiro atoms. The fourth-order valence-corrected chi connectivity index (χ4v) is 2.93. The molecule has 100 valence electrons. The molecule has 2 rings (SSSR count). The highest BCUT2D eigenvalue weighted by Crippen LogP contribution is 2.41. The standard InChI is InChI=1S/C15H23NO2/c1-5-11-13(17-3)8-7-12(14(11)18-4)15(2)9-6-10-16-15/h7-8,16H,5-6,9-10H2,1-4H3. The smallest absolute Gasteiger partial charge is 0.130 e. The minimum Gasteiger partial charge on any atom is -0.496 e. The Morgan fingerprint density at radius 2 is 2.06 bits per heavy atom. The van der Waals surface area contributed by atoms with E-state index in [1.807, 2.05) is 0 Å². The molecule has 0 aromatic heterocycles. The molecule has 0 saturated carbocycles. The SMILES string of the molecule is CCc1c(OC)ccc(C2(C)CCCN2)c1OC. The highest BCUT2D eigenvalue weighted by atomic mass is 16.5. The van der Waals surface area contributed by atoms with Crippen molar-refractivity contribution in [2.24, 2.45) is 0 Å². The first-order valence-corrected chi connectivity index (χ1v) is 6.65. The van der Waals surface area contributed by atoms with E-state index >= 15 is 0 Å². The van der Waals surface area contributed by atoms with Gasteiger partial charge in [-0.25, -0.2) is 0 Å². The Morgan fingerprint density at radius 3 is 2.56 bits per heavy atom. The van der Waals surface area contributed by atoms with E-state index in [4.69, 9.17) is 9.47 Å². The number of nitrogens with one attached hydrogen (secondary N) is 1. The van der Waals surface area contributed by atoms with Crippen LogP contribution >= 0.6 is 0 Å². The summed E-state index contributed by atoms with van der Waals surface area (Å²) < 4.78 is 11.1. The Labute approximate surface area is 109 Å². The molecular formula is C15H23NO2. The van der Waals surface area contributed by atoms with Crippen LogP contribution < -0.4 is 14.8 Å². The lowest BCUT2D eigenvalue weighted by Gasteiger charge is -2.28. The molecule has 1 atom stereocenters. The van der Waals surface area contributed by atoms with Crippen LogP contribution in [0.3, 0.4) is 0 Å². The Hall–Kier alpha value is -1.22. The summed E-state index contributed by atoms with van der Waals surface area (Å²) in [5.74, 6) is 1.90. The van der Waals surface area contributed by atoms with Crippen LogP contribution in [0, 0.1) is 0 Å². The van der Waals surface area contributed by atoms with Crippen molar-refractivity contribution in [3.05, 3.63) is 23.3 Å². The van der Waals surface area contributed by atoms with Gasteiger partial charge in [-0.2, -0.15) is 0 Å². The molecule has 18 heavy (non-hydrogen) atoms. The van der Waals surface area contributed by atoms with E-state index in [1.54, 1.807) is 14.2 Å². The first kappa shape index (κ1) is 13.2. The molecule has 3 nitrogen and oxygen atoms in total. The van der Waals surface area contributed by atoms with Crippen molar-refractivity contribution >= 4 is 0 Å². The molecule has 1 aromatic rings. The molecule has 1 N–H and O–H groups in total. The van der Waals surface area contributed by atoms with Gasteiger partial charge < -0.3 is 14.8 Å². The van der Waals surface area contributed by atoms with Crippen LogP contribution in [0.25, 0.3) is 0 Å². The first-order chi connectivity index (χ1) is 8.66. The number of methoxy groups -OCH3 is 2. The van der Waals surface area contributed by atoms with E-state index in [0.717, 1.165) is 36.4 Å². The summed E-state index contributed by atoms with van der Waals surface area (Å²) in [6.45, 7) is 5.46. The second-order valence-corrected chi connectivity index (χ2v) is 5.04. The third-order valence-corrected chi connectivity index (χ3v) is 3.96. The fourth-order valence-electron chi connectivity index (χ4n) is 2.93. The Kier molecular flexibility index (Phi) is 3.81. The number of ether oxygens (including phenoxy) is 2. The molecule has 0 radical (unpaired) electrons. The Bertz CT molecular complexity index is 423. The number of rotatable bonds is 4. The average molecular weight is 249 g/mol. The van der Waals surface area contributed by atoms with Crippen LogP contribution in [-0.4, -0.2) is 20.8 Å². The van der Waals surface area contributed by atoms with Gasteiger partial charge in [-0.3, -0.25) is 0 Å². The van der Waals surface area contributed by atoms with Gasteiger partial charge in [0.2, 0.25) is 0 Å². The van der Waals surface area contributed by atoms with Crippen molar-refractivity contribution in [2.45, 2.75) is 38.6 Å². The lowest BCUT2D eigenvalue weighted by atomic mass is 9.87. The summed E-state index contributed by atoms with van der Waals surface area (Å²) in [6.07, 6.45) is 3.28. The van der Waals surface area contributed by atoms with Gasteiger partial charge in [0.25, 0.3) is 0 Å². The monoisotopic (exact) mass is 249 g/mol. The zero-order valence-electron chi connectivity index (χ0n) is 11.8. The topological polar surface area (TPSA) is 30.5 Å². The predicted octanol–water partition coefficient (Wildman–Crippen LogP) is 2.86. The van der Waals surface area contributed by atoms with Gasteiger partial charge in [0, 0.05) is 16.7 Å². The number of hydrogen-bond acceptors (Lipinski definition) is 3. The molecule has 1 aliphatic rings. The largest absolute Gasteiger partial charge is 0.496 e. The summed E-state index contributed by atoms with van der Waals surface area (Å²) in [7, 11) is 3.46. The van der Waals surface area contributed by atoms with Gasteiger partial charge in [0.15, 0.2) is 0 Å². The second-order valence-electron chi connectivity index (χ2n) is 5.04. The quantitative estimate of drug-likeness (QED) is 0.890. The Morgan fingerprint density at radius 1 is 1.28 bits per heavy atom. The molecule has 1 unspecified atom stereocenters.